The van der Waals surface area contributed by atoms with E-state index >= 15 is 0 Å². The van der Waals surface area contributed by atoms with Crippen molar-refractivity contribution >= 4 is 11.6 Å². The Labute approximate surface area is 113 Å². The lowest BCUT2D eigenvalue weighted by Gasteiger charge is -2.20. The fourth-order valence-corrected chi connectivity index (χ4v) is 2.03. The fraction of sp³-hybridized carbons (Fsp3) is 0.750. The fourth-order valence-electron chi connectivity index (χ4n) is 1.77. The lowest BCUT2D eigenvalue weighted by atomic mass is 10.1. The van der Waals surface area contributed by atoms with Gasteiger partial charge in [-0.1, -0.05) is 24.9 Å². The van der Waals surface area contributed by atoms with Crippen molar-refractivity contribution in [1.29, 1.82) is 0 Å². The smallest absolute Gasteiger partial charge is 0.123 e. The molecule has 0 aliphatic heterocycles. The molecular formula is C12H22ClN3O2. The summed E-state index contributed by atoms with van der Waals surface area (Å²) >= 11 is 6.03. The van der Waals surface area contributed by atoms with Gasteiger partial charge in [0.2, 0.25) is 0 Å². The number of hydrogen-bond donors (Lipinski definition) is 2. The van der Waals surface area contributed by atoms with Gasteiger partial charge in [0.15, 0.2) is 0 Å². The maximum absolute atomic E-state index is 10.1. The molecule has 104 valence electrons. The molecule has 0 aromatic carbocycles. The normalized spacial score (nSPS) is 15.1. The second-order valence-corrected chi connectivity index (χ2v) is 5.11. The Hall–Kier alpha value is -0.620. The second kappa shape index (κ2) is 7.09. The molecule has 1 aromatic heterocycles. The third-order valence-corrected chi connectivity index (χ3v) is 3.11. The number of nitrogens with zero attached hydrogens (tertiary/aromatic N) is 3. The van der Waals surface area contributed by atoms with E-state index in [1.807, 2.05) is 25.9 Å². The molecular weight excluding hydrogens is 254 g/mol. The maximum atomic E-state index is 10.1. The number of aliphatic hydroxyl groups excluding tert-OH is 2. The summed E-state index contributed by atoms with van der Waals surface area (Å²) in [5.74, 6) is 0. The summed E-state index contributed by atoms with van der Waals surface area (Å²) in [6, 6.07) is 0. The third kappa shape index (κ3) is 3.95. The van der Waals surface area contributed by atoms with E-state index < -0.39 is 12.2 Å². The van der Waals surface area contributed by atoms with E-state index in [-0.39, 0.29) is 0 Å². The van der Waals surface area contributed by atoms with Crippen LogP contribution in [0.5, 0.6) is 0 Å². The molecule has 2 atom stereocenters. The van der Waals surface area contributed by atoms with E-state index in [9.17, 15) is 10.2 Å². The SMILES string of the molecule is CCCC(O)C(O)c1c(Cl)cnn1CCN(C)C. The third-order valence-electron chi connectivity index (χ3n) is 2.82. The van der Waals surface area contributed by atoms with Crippen LogP contribution < -0.4 is 0 Å². The second-order valence-electron chi connectivity index (χ2n) is 4.71. The zero-order valence-corrected chi connectivity index (χ0v) is 11.9. The molecule has 0 aliphatic carbocycles. The lowest BCUT2D eigenvalue weighted by molar-refractivity contribution is 0.00775. The van der Waals surface area contributed by atoms with Crippen LogP contribution in [0.3, 0.4) is 0 Å². The summed E-state index contributed by atoms with van der Waals surface area (Å²) in [5.41, 5.74) is 0.500. The van der Waals surface area contributed by atoms with Crippen LogP contribution in [-0.2, 0) is 6.54 Å². The molecule has 0 bridgehead atoms. The number of rotatable bonds is 7. The predicted molar refractivity (Wildman–Crippen MR) is 71.7 cm³/mol. The van der Waals surface area contributed by atoms with Crippen molar-refractivity contribution < 1.29 is 10.2 Å². The molecule has 0 saturated heterocycles. The molecule has 1 heterocycles. The number of hydrogen-bond acceptors (Lipinski definition) is 4. The van der Waals surface area contributed by atoms with E-state index in [1.54, 1.807) is 4.68 Å². The van der Waals surface area contributed by atoms with Gasteiger partial charge in [0.05, 0.1) is 29.6 Å². The Balaban J connectivity index is 2.82. The number of halogens is 1. The molecule has 0 fully saturated rings. The molecule has 0 aliphatic rings. The highest BCUT2D eigenvalue weighted by Gasteiger charge is 2.24. The first-order valence-electron chi connectivity index (χ1n) is 6.19. The van der Waals surface area contributed by atoms with Crippen molar-refractivity contribution in [3.8, 4) is 0 Å². The van der Waals surface area contributed by atoms with Gasteiger partial charge >= 0.3 is 0 Å². The molecule has 18 heavy (non-hydrogen) atoms. The lowest BCUT2D eigenvalue weighted by Crippen LogP contribution is -2.25. The Kier molecular flexibility index (Phi) is 6.08. The van der Waals surface area contributed by atoms with Gasteiger partial charge < -0.3 is 15.1 Å². The van der Waals surface area contributed by atoms with E-state index in [0.29, 0.717) is 23.7 Å². The number of aromatic nitrogens is 2. The Morgan fingerprint density at radius 2 is 2.11 bits per heavy atom. The monoisotopic (exact) mass is 275 g/mol. The van der Waals surface area contributed by atoms with Gasteiger partial charge in [-0.25, -0.2) is 0 Å². The van der Waals surface area contributed by atoms with Gasteiger partial charge in [0.1, 0.15) is 6.10 Å². The van der Waals surface area contributed by atoms with Crippen molar-refractivity contribution in [2.24, 2.45) is 0 Å². The van der Waals surface area contributed by atoms with Gasteiger partial charge in [0, 0.05) is 6.54 Å². The Bertz CT molecular complexity index is 368. The van der Waals surface area contributed by atoms with Gasteiger partial charge in [0.25, 0.3) is 0 Å². The molecule has 2 N–H and O–H groups in total. The van der Waals surface area contributed by atoms with Crippen LogP contribution in [0.1, 0.15) is 31.6 Å². The van der Waals surface area contributed by atoms with E-state index in [2.05, 4.69) is 5.10 Å². The highest BCUT2D eigenvalue weighted by atomic mass is 35.5. The van der Waals surface area contributed by atoms with Gasteiger partial charge in [-0.3, -0.25) is 4.68 Å². The standard InChI is InChI=1S/C12H22ClN3O2/c1-4-5-10(17)12(18)11-9(13)8-14-16(11)7-6-15(2)3/h8,10,12,17-18H,4-7H2,1-3H3. The first-order chi connectivity index (χ1) is 8.47. The minimum atomic E-state index is -0.984. The average molecular weight is 276 g/mol. The van der Waals surface area contributed by atoms with Crippen LogP contribution in [0.4, 0.5) is 0 Å². The topological polar surface area (TPSA) is 61.5 Å². The van der Waals surface area contributed by atoms with Crippen LogP contribution in [0.15, 0.2) is 6.20 Å². The summed E-state index contributed by atoms with van der Waals surface area (Å²) < 4.78 is 1.66. The Morgan fingerprint density at radius 3 is 2.67 bits per heavy atom. The Morgan fingerprint density at radius 1 is 1.44 bits per heavy atom. The van der Waals surface area contributed by atoms with Gasteiger partial charge in [-0.2, -0.15) is 5.10 Å². The highest BCUT2D eigenvalue weighted by molar-refractivity contribution is 6.31. The van der Waals surface area contributed by atoms with Crippen molar-refractivity contribution in [2.75, 3.05) is 20.6 Å². The molecule has 0 saturated carbocycles. The predicted octanol–water partition coefficient (Wildman–Crippen LogP) is 1.29. The van der Waals surface area contributed by atoms with Crippen LogP contribution >= 0.6 is 11.6 Å². The van der Waals surface area contributed by atoms with E-state index in [1.165, 1.54) is 6.20 Å². The van der Waals surface area contributed by atoms with Gasteiger partial charge in [-0.15, -0.1) is 0 Å². The molecule has 2 unspecified atom stereocenters. The molecule has 1 aromatic rings. The summed E-state index contributed by atoms with van der Waals surface area (Å²) in [6.07, 6.45) is 1.07. The van der Waals surface area contributed by atoms with Crippen LogP contribution in [0.2, 0.25) is 5.02 Å². The maximum Gasteiger partial charge on any atom is 0.123 e. The van der Waals surface area contributed by atoms with Crippen molar-refractivity contribution in [3.05, 3.63) is 16.9 Å². The molecule has 0 radical (unpaired) electrons. The minimum absolute atomic E-state index is 0.399. The first kappa shape index (κ1) is 15.4. The van der Waals surface area contributed by atoms with Crippen molar-refractivity contribution in [3.63, 3.8) is 0 Å². The highest BCUT2D eigenvalue weighted by Crippen LogP contribution is 2.26. The van der Waals surface area contributed by atoms with Crippen molar-refractivity contribution in [1.82, 2.24) is 14.7 Å². The minimum Gasteiger partial charge on any atom is -0.390 e. The summed E-state index contributed by atoms with van der Waals surface area (Å²) in [7, 11) is 3.93. The van der Waals surface area contributed by atoms with Crippen LogP contribution in [0, 0.1) is 0 Å². The van der Waals surface area contributed by atoms with Crippen molar-refractivity contribution in [2.45, 2.75) is 38.5 Å². The van der Waals surface area contributed by atoms with Crippen LogP contribution in [-0.4, -0.2) is 51.6 Å². The largest absolute Gasteiger partial charge is 0.390 e. The molecule has 5 nitrogen and oxygen atoms in total. The summed E-state index contributed by atoms with van der Waals surface area (Å²) in [5, 5.41) is 24.5. The number of aliphatic hydroxyl groups is 2. The molecule has 0 spiro atoms. The van der Waals surface area contributed by atoms with E-state index in [0.717, 1.165) is 13.0 Å². The van der Waals surface area contributed by atoms with Gasteiger partial charge in [-0.05, 0) is 20.5 Å². The molecule has 1 rings (SSSR count). The summed E-state index contributed by atoms with van der Waals surface area (Å²) in [6.45, 7) is 3.38. The molecule has 0 amide bonds. The zero-order chi connectivity index (χ0) is 13.7. The molecule has 6 heteroatoms. The average Bonchev–Trinajstić information content (AvgIpc) is 2.67. The summed E-state index contributed by atoms with van der Waals surface area (Å²) in [4.78, 5) is 2.02. The van der Waals surface area contributed by atoms with E-state index in [4.69, 9.17) is 11.6 Å². The number of likely N-dealkylation sites (N-methyl/N-ethyl adjacent to an activating group) is 1. The van der Waals surface area contributed by atoms with Crippen LogP contribution in [0.25, 0.3) is 0 Å². The quantitative estimate of drug-likeness (QED) is 0.787. The zero-order valence-electron chi connectivity index (χ0n) is 11.2. The first-order valence-corrected chi connectivity index (χ1v) is 6.57.